The average Bonchev–Trinajstić information content (AvgIpc) is 2.70. The van der Waals surface area contributed by atoms with Gasteiger partial charge in [-0.25, -0.2) is 4.98 Å². The first-order valence-electron chi connectivity index (χ1n) is 5.22. The van der Waals surface area contributed by atoms with Gasteiger partial charge in [0.2, 0.25) is 0 Å². The molecule has 92 valence electrons. The van der Waals surface area contributed by atoms with Crippen LogP contribution in [0.5, 0.6) is 0 Å². The summed E-state index contributed by atoms with van der Waals surface area (Å²) in [6, 6.07) is 0. The summed E-state index contributed by atoms with van der Waals surface area (Å²) < 4.78 is 12.2. The molecule has 0 aliphatic rings. The third kappa shape index (κ3) is 4.52. The van der Waals surface area contributed by atoms with Crippen molar-refractivity contribution in [1.82, 2.24) is 9.55 Å². The van der Waals surface area contributed by atoms with Crippen molar-refractivity contribution in [2.75, 3.05) is 6.61 Å². The fourth-order valence-electron chi connectivity index (χ4n) is 1.26. The molecule has 0 aliphatic heterocycles. The Labute approximate surface area is 101 Å². The largest absolute Gasteiger partial charge is 0.367 e. The molecule has 0 aromatic carbocycles. The van der Waals surface area contributed by atoms with Gasteiger partial charge in [-0.2, -0.15) is 12.6 Å². The molecular weight excluding hydrogens is 228 g/mol. The minimum absolute atomic E-state index is 0.322. The average molecular weight is 246 g/mol. The van der Waals surface area contributed by atoms with Crippen LogP contribution in [0.2, 0.25) is 0 Å². The Hall–Kier alpha value is -0.560. The zero-order valence-electron chi connectivity index (χ0n) is 9.48. The number of aliphatic hydroxyl groups excluding tert-OH is 1. The number of hydrogen-bond donors (Lipinski definition) is 2. The van der Waals surface area contributed by atoms with E-state index in [1.807, 2.05) is 17.7 Å². The molecule has 0 aliphatic carbocycles. The van der Waals surface area contributed by atoms with Gasteiger partial charge in [0.05, 0.1) is 11.6 Å². The predicted molar refractivity (Wildman–Crippen MR) is 63.2 cm³/mol. The summed E-state index contributed by atoms with van der Waals surface area (Å²) in [5.74, 6) is 0. The molecule has 1 aromatic rings. The summed E-state index contributed by atoms with van der Waals surface area (Å²) in [6.07, 6.45) is 3.75. The number of nitrogens with zero attached hydrogens (tertiary/aromatic N) is 2. The number of aliphatic hydroxyl groups is 1. The van der Waals surface area contributed by atoms with Crippen molar-refractivity contribution in [1.29, 1.82) is 0 Å². The Balaban J connectivity index is 2.32. The van der Waals surface area contributed by atoms with Crippen LogP contribution < -0.4 is 0 Å². The predicted octanol–water partition coefficient (Wildman–Crippen LogP) is 0.899. The molecular formula is C10H18N2O3S. The van der Waals surface area contributed by atoms with Crippen LogP contribution in [-0.2, 0) is 16.0 Å². The molecule has 1 heterocycles. The molecule has 0 fully saturated rings. The van der Waals surface area contributed by atoms with E-state index in [1.54, 1.807) is 19.4 Å². The highest BCUT2D eigenvalue weighted by Gasteiger charge is 2.18. The summed E-state index contributed by atoms with van der Waals surface area (Å²) >= 11 is 4.28. The van der Waals surface area contributed by atoms with Gasteiger partial charge < -0.3 is 19.1 Å². The van der Waals surface area contributed by atoms with E-state index in [0.717, 1.165) is 0 Å². The SMILES string of the molecule is CCOC(C)OC(O)C(S)Cn1ccnc1. The highest BCUT2D eigenvalue weighted by atomic mass is 32.1. The number of rotatable bonds is 7. The minimum atomic E-state index is -0.965. The van der Waals surface area contributed by atoms with E-state index in [0.29, 0.717) is 13.2 Å². The van der Waals surface area contributed by atoms with Crippen LogP contribution in [0.1, 0.15) is 13.8 Å². The lowest BCUT2D eigenvalue weighted by Gasteiger charge is -2.22. The van der Waals surface area contributed by atoms with Gasteiger partial charge in [-0.1, -0.05) is 0 Å². The maximum Gasteiger partial charge on any atom is 0.171 e. The zero-order chi connectivity index (χ0) is 12.0. The number of thiol groups is 1. The van der Waals surface area contributed by atoms with Gasteiger partial charge in [-0.15, -0.1) is 0 Å². The Kier molecular flexibility index (Phi) is 5.83. The van der Waals surface area contributed by atoms with Gasteiger partial charge in [0.25, 0.3) is 0 Å². The van der Waals surface area contributed by atoms with Crippen molar-refractivity contribution in [3.05, 3.63) is 18.7 Å². The van der Waals surface area contributed by atoms with E-state index >= 15 is 0 Å². The van der Waals surface area contributed by atoms with E-state index in [4.69, 9.17) is 9.47 Å². The molecule has 3 unspecified atom stereocenters. The smallest absolute Gasteiger partial charge is 0.171 e. The van der Waals surface area contributed by atoms with Gasteiger partial charge in [0.1, 0.15) is 0 Å². The van der Waals surface area contributed by atoms with Crippen LogP contribution in [0.15, 0.2) is 18.7 Å². The third-order valence-corrected chi connectivity index (χ3v) is 2.44. The van der Waals surface area contributed by atoms with Crippen LogP contribution in [0.4, 0.5) is 0 Å². The van der Waals surface area contributed by atoms with Crippen LogP contribution in [0.3, 0.4) is 0 Å². The molecule has 1 rings (SSSR count). The topological polar surface area (TPSA) is 56.5 Å². The van der Waals surface area contributed by atoms with E-state index in [9.17, 15) is 5.11 Å². The maximum absolute atomic E-state index is 9.70. The fourth-order valence-corrected chi connectivity index (χ4v) is 1.52. The van der Waals surface area contributed by atoms with Gasteiger partial charge in [-0.3, -0.25) is 0 Å². The Morgan fingerprint density at radius 3 is 2.88 bits per heavy atom. The monoisotopic (exact) mass is 246 g/mol. The van der Waals surface area contributed by atoms with Crippen LogP contribution in [-0.4, -0.2) is 39.1 Å². The van der Waals surface area contributed by atoms with Crippen LogP contribution >= 0.6 is 12.6 Å². The Bertz CT molecular complexity index is 282. The molecule has 0 bridgehead atoms. The molecule has 0 saturated heterocycles. The maximum atomic E-state index is 9.70. The molecule has 0 saturated carbocycles. The van der Waals surface area contributed by atoms with Gasteiger partial charge in [0, 0.05) is 25.5 Å². The summed E-state index contributed by atoms with van der Waals surface area (Å²) in [5, 5.41) is 9.38. The molecule has 3 atom stereocenters. The van der Waals surface area contributed by atoms with Crippen molar-refractivity contribution < 1.29 is 14.6 Å². The van der Waals surface area contributed by atoms with E-state index in [1.165, 1.54) is 0 Å². The highest BCUT2D eigenvalue weighted by molar-refractivity contribution is 7.81. The van der Waals surface area contributed by atoms with Gasteiger partial charge in [0.15, 0.2) is 12.6 Å². The molecule has 0 amide bonds. The normalized spacial score (nSPS) is 17.0. The first-order chi connectivity index (χ1) is 7.63. The Morgan fingerprint density at radius 1 is 1.56 bits per heavy atom. The van der Waals surface area contributed by atoms with E-state index < -0.39 is 12.6 Å². The molecule has 0 spiro atoms. The van der Waals surface area contributed by atoms with Crippen molar-refractivity contribution in [3.63, 3.8) is 0 Å². The first-order valence-corrected chi connectivity index (χ1v) is 5.74. The second-order valence-corrected chi connectivity index (χ2v) is 4.04. The summed E-state index contributed by atoms with van der Waals surface area (Å²) in [4.78, 5) is 3.91. The van der Waals surface area contributed by atoms with E-state index in [2.05, 4.69) is 17.6 Å². The lowest BCUT2D eigenvalue weighted by atomic mass is 10.4. The number of hydrogen-bond acceptors (Lipinski definition) is 5. The van der Waals surface area contributed by atoms with Crippen LogP contribution in [0.25, 0.3) is 0 Å². The van der Waals surface area contributed by atoms with Gasteiger partial charge in [-0.05, 0) is 13.8 Å². The van der Waals surface area contributed by atoms with Crippen LogP contribution in [0, 0.1) is 0 Å². The lowest BCUT2D eigenvalue weighted by molar-refractivity contribution is -0.218. The second-order valence-electron chi connectivity index (χ2n) is 3.38. The van der Waals surface area contributed by atoms with Gasteiger partial charge >= 0.3 is 0 Å². The van der Waals surface area contributed by atoms with Crippen molar-refractivity contribution in [3.8, 4) is 0 Å². The third-order valence-electron chi connectivity index (χ3n) is 2.02. The summed E-state index contributed by atoms with van der Waals surface area (Å²) in [5.41, 5.74) is 0. The zero-order valence-corrected chi connectivity index (χ0v) is 10.4. The fraction of sp³-hybridized carbons (Fsp3) is 0.700. The summed E-state index contributed by atoms with van der Waals surface area (Å²) in [6.45, 7) is 4.69. The molecule has 6 heteroatoms. The quantitative estimate of drug-likeness (QED) is 0.554. The highest BCUT2D eigenvalue weighted by Crippen LogP contribution is 2.10. The minimum Gasteiger partial charge on any atom is -0.367 e. The molecule has 0 radical (unpaired) electrons. The van der Waals surface area contributed by atoms with E-state index in [-0.39, 0.29) is 5.25 Å². The van der Waals surface area contributed by atoms with Crippen molar-refractivity contribution in [2.45, 2.75) is 38.2 Å². The Morgan fingerprint density at radius 2 is 2.31 bits per heavy atom. The second kappa shape index (κ2) is 6.90. The molecule has 16 heavy (non-hydrogen) atoms. The molecule has 1 N–H and O–H groups in total. The van der Waals surface area contributed by atoms with Crippen molar-refractivity contribution >= 4 is 12.6 Å². The molecule has 1 aromatic heterocycles. The first kappa shape index (κ1) is 13.5. The number of ether oxygens (including phenoxy) is 2. The number of imidazole rings is 1. The number of aromatic nitrogens is 2. The standard InChI is InChI=1S/C10H18N2O3S/c1-3-14-8(2)15-10(13)9(16)6-12-5-4-11-7-12/h4-5,7-10,13,16H,3,6H2,1-2H3. The lowest BCUT2D eigenvalue weighted by Crippen LogP contribution is -2.32. The van der Waals surface area contributed by atoms with Crippen molar-refractivity contribution in [2.24, 2.45) is 0 Å². The summed E-state index contributed by atoms with van der Waals surface area (Å²) in [7, 11) is 0. The molecule has 5 nitrogen and oxygen atoms in total.